The van der Waals surface area contributed by atoms with E-state index in [-0.39, 0.29) is 11.4 Å². The lowest BCUT2D eigenvalue weighted by atomic mass is 9.85. The van der Waals surface area contributed by atoms with Crippen molar-refractivity contribution >= 4 is 11.9 Å². The third-order valence-corrected chi connectivity index (χ3v) is 6.78. The van der Waals surface area contributed by atoms with Crippen LogP contribution in [0.5, 0.6) is 0 Å². The maximum absolute atomic E-state index is 12.6. The Morgan fingerprint density at radius 3 is 2.28 bits per heavy atom. The van der Waals surface area contributed by atoms with Crippen molar-refractivity contribution in [3.8, 4) is 0 Å². The van der Waals surface area contributed by atoms with Crippen LogP contribution in [0.3, 0.4) is 0 Å². The molecule has 1 atom stereocenters. The van der Waals surface area contributed by atoms with Gasteiger partial charge in [-0.05, 0) is 51.5 Å². The number of carboxylic acid groups (broad SMARTS) is 1. The average molecular weight is 460 g/mol. The van der Waals surface area contributed by atoms with Crippen LogP contribution in [-0.2, 0) is 16.6 Å². The summed E-state index contributed by atoms with van der Waals surface area (Å²) < 4.78 is 39.4. The SMILES string of the molecule is CN1C(COCC2CC2)CCC12CCN(C(=O)c1cnn(C)c1)CC2.O=C(O)C(F)(F)F. The fourth-order valence-electron chi connectivity index (χ4n) is 4.49. The number of likely N-dealkylation sites (N-methyl/N-ethyl adjacent to an activating group) is 1. The molecule has 4 rings (SSSR count). The minimum atomic E-state index is -5.08. The third-order valence-electron chi connectivity index (χ3n) is 6.78. The van der Waals surface area contributed by atoms with Gasteiger partial charge in [0.05, 0.1) is 18.4 Å². The van der Waals surface area contributed by atoms with Crippen LogP contribution in [0.25, 0.3) is 0 Å². The van der Waals surface area contributed by atoms with Gasteiger partial charge in [-0.3, -0.25) is 14.4 Å². The number of alkyl halides is 3. The van der Waals surface area contributed by atoms with Crippen LogP contribution in [0.15, 0.2) is 12.4 Å². The van der Waals surface area contributed by atoms with Crippen molar-refractivity contribution in [2.75, 3.05) is 33.4 Å². The van der Waals surface area contributed by atoms with Crippen LogP contribution in [0.2, 0.25) is 0 Å². The van der Waals surface area contributed by atoms with Crippen LogP contribution in [0.1, 0.15) is 48.9 Å². The van der Waals surface area contributed by atoms with Crippen LogP contribution < -0.4 is 0 Å². The zero-order chi connectivity index (χ0) is 23.5. The molecule has 3 fully saturated rings. The fraction of sp³-hybridized carbons (Fsp3) is 0.762. The van der Waals surface area contributed by atoms with Gasteiger partial charge in [0.25, 0.3) is 5.91 Å². The Labute approximate surface area is 185 Å². The van der Waals surface area contributed by atoms with Crippen LogP contribution >= 0.6 is 0 Å². The topological polar surface area (TPSA) is 87.9 Å². The van der Waals surface area contributed by atoms with Gasteiger partial charge in [-0.15, -0.1) is 0 Å². The molecule has 1 aromatic heterocycles. The van der Waals surface area contributed by atoms with Crippen molar-refractivity contribution < 1.29 is 32.6 Å². The maximum atomic E-state index is 12.6. The molecule has 2 saturated heterocycles. The highest BCUT2D eigenvalue weighted by Gasteiger charge is 2.46. The number of piperidine rings is 1. The molecule has 11 heteroatoms. The van der Waals surface area contributed by atoms with Gasteiger partial charge >= 0.3 is 12.1 Å². The molecule has 3 heterocycles. The number of nitrogens with zero attached hydrogens (tertiary/aromatic N) is 4. The van der Waals surface area contributed by atoms with Gasteiger partial charge in [0.2, 0.25) is 0 Å². The quantitative estimate of drug-likeness (QED) is 0.727. The van der Waals surface area contributed by atoms with E-state index in [1.165, 1.54) is 25.7 Å². The number of carboxylic acids is 1. The lowest BCUT2D eigenvalue weighted by molar-refractivity contribution is -0.192. The number of hydrogen-bond acceptors (Lipinski definition) is 5. The molecule has 0 aromatic carbocycles. The first kappa shape index (κ1) is 24.5. The molecule has 1 N–H and O–H groups in total. The van der Waals surface area contributed by atoms with E-state index < -0.39 is 12.1 Å². The number of amides is 1. The summed E-state index contributed by atoms with van der Waals surface area (Å²) in [6.07, 6.45) is 5.68. The van der Waals surface area contributed by atoms with E-state index in [1.807, 2.05) is 18.1 Å². The first-order valence-electron chi connectivity index (χ1n) is 10.9. The fourth-order valence-corrected chi connectivity index (χ4v) is 4.49. The predicted octanol–water partition coefficient (Wildman–Crippen LogP) is 2.55. The number of likely N-dealkylation sites (tertiary alicyclic amines) is 2. The van der Waals surface area contributed by atoms with E-state index in [9.17, 15) is 18.0 Å². The van der Waals surface area contributed by atoms with E-state index in [2.05, 4.69) is 17.0 Å². The lowest BCUT2D eigenvalue weighted by Crippen LogP contribution is -2.54. The normalized spacial score (nSPS) is 23.2. The summed E-state index contributed by atoms with van der Waals surface area (Å²) in [5, 5.41) is 11.2. The number of carbonyl (C=O) groups excluding carboxylic acids is 1. The highest BCUT2D eigenvalue weighted by atomic mass is 19.4. The Morgan fingerprint density at radius 1 is 1.16 bits per heavy atom. The number of carbonyl (C=O) groups is 2. The second-order valence-electron chi connectivity index (χ2n) is 9.01. The summed E-state index contributed by atoms with van der Waals surface area (Å²) in [7, 11) is 4.11. The summed E-state index contributed by atoms with van der Waals surface area (Å²) in [6.45, 7) is 3.50. The van der Waals surface area contributed by atoms with Gasteiger partial charge in [-0.1, -0.05) is 0 Å². The summed E-state index contributed by atoms with van der Waals surface area (Å²) in [4.78, 5) is 26.1. The molecule has 0 radical (unpaired) electrons. The van der Waals surface area contributed by atoms with Gasteiger partial charge in [-0.25, -0.2) is 4.79 Å². The number of aliphatic carboxylic acids is 1. The lowest BCUT2D eigenvalue weighted by Gasteiger charge is -2.45. The van der Waals surface area contributed by atoms with Gasteiger partial charge in [0.15, 0.2) is 0 Å². The van der Waals surface area contributed by atoms with Crippen LogP contribution in [0.4, 0.5) is 13.2 Å². The number of rotatable bonds is 5. The molecule has 1 spiro atoms. The van der Waals surface area contributed by atoms with Crippen molar-refractivity contribution in [1.29, 1.82) is 0 Å². The molecule has 1 amide bonds. The molecule has 0 bridgehead atoms. The van der Waals surface area contributed by atoms with Gasteiger partial charge in [-0.2, -0.15) is 18.3 Å². The van der Waals surface area contributed by atoms with E-state index >= 15 is 0 Å². The highest BCUT2D eigenvalue weighted by Crippen LogP contribution is 2.41. The first-order valence-corrected chi connectivity index (χ1v) is 10.9. The molecule has 3 aliphatic rings. The number of aromatic nitrogens is 2. The molecule has 32 heavy (non-hydrogen) atoms. The van der Waals surface area contributed by atoms with E-state index in [4.69, 9.17) is 14.6 Å². The van der Waals surface area contributed by atoms with E-state index in [0.29, 0.717) is 11.6 Å². The summed E-state index contributed by atoms with van der Waals surface area (Å²) in [5.41, 5.74) is 0.962. The molecule has 8 nitrogen and oxygen atoms in total. The van der Waals surface area contributed by atoms with Crippen LogP contribution in [-0.4, -0.2) is 87.7 Å². The summed E-state index contributed by atoms with van der Waals surface area (Å²) >= 11 is 0. The number of hydrogen-bond donors (Lipinski definition) is 1. The monoisotopic (exact) mass is 460 g/mol. The first-order chi connectivity index (χ1) is 15.0. The largest absolute Gasteiger partial charge is 0.490 e. The van der Waals surface area contributed by atoms with E-state index in [1.54, 1.807) is 10.9 Å². The molecule has 2 aliphatic heterocycles. The second-order valence-corrected chi connectivity index (χ2v) is 9.01. The van der Waals surface area contributed by atoms with Gasteiger partial charge in [0.1, 0.15) is 0 Å². The highest BCUT2D eigenvalue weighted by molar-refractivity contribution is 5.93. The molecule has 1 unspecified atom stereocenters. The third kappa shape index (κ3) is 6.00. The number of halogens is 3. The summed E-state index contributed by atoms with van der Waals surface area (Å²) in [6, 6.07) is 0.541. The zero-order valence-corrected chi connectivity index (χ0v) is 18.5. The molecule has 1 aromatic rings. The van der Waals surface area contributed by atoms with E-state index in [0.717, 1.165) is 45.1 Å². The number of aryl methyl sites for hydroxylation is 1. The Hall–Kier alpha value is -2.14. The maximum Gasteiger partial charge on any atom is 0.490 e. The van der Waals surface area contributed by atoms with Crippen molar-refractivity contribution in [2.45, 2.75) is 56.3 Å². The standard InChI is InChI=1S/C19H30N4O2.C2HF3O2/c1-21-12-16(11-20-21)18(24)23-9-7-19(8-10-23)6-5-17(22(19)2)14-25-13-15-3-4-15;3-2(4,5)1(6)7/h11-12,15,17H,3-10,13-14H2,1-2H3;(H,6,7). The smallest absolute Gasteiger partial charge is 0.475 e. The van der Waals surface area contributed by atoms with Crippen LogP contribution in [0, 0.1) is 5.92 Å². The molecular formula is C21H31F3N4O4. The minimum Gasteiger partial charge on any atom is -0.475 e. The summed E-state index contributed by atoms with van der Waals surface area (Å²) in [5.74, 6) is -1.80. The molecule has 1 saturated carbocycles. The Morgan fingerprint density at radius 2 is 1.78 bits per heavy atom. The number of ether oxygens (including phenoxy) is 1. The average Bonchev–Trinajstić information content (AvgIpc) is 3.39. The van der Waals surface area contributed by atoms with Crippen molar-refractivity contribution in [3.63, 3.8) is 0 Å². The minimum absolute atomic E-state index is 0.118. The van der Waals surface area contributed by atoms with Crippen molar-refractivity contribution in [2.24, 2.45) is 13.0 Å². The predicted molar refractivity (Wildman–Crippen MR) is 109 cm³/mol. The van der Waals surface area contributed by atoms with Gasteiger partial charge in [0, 0.05) is 44.5 Å². The van der Waals surface area contributed by atoms with Gasteiger partial charge < -0.3 is 14.7 Å². The Kier molecular flexibility index (Phi) is 7.49. The zero-order valence-electron chi connectivity index (χ0n) is 18.5. The molecular weight excluding hydrogens is 429 g/mol. The van der Waals surface area contributed by atoms with Crippen molar-refractivity contribution in [1.82, 2.24) is 19.6 Å². The Balaban J connectivity index is 0.000000360. The second kappa shape index (κ2) is 9.78. The molecule has 180 valence electrons. The molecule has 1 aliphatic carbocycles. The van der Waals surface area contributed by atoms with Crippen molar-refractivity contribution in [3.05, 3.63) is 18.0 Å². The Bertz CT molecular complexity index is 801.